The second kappa shape index (κ2) is 8.48. The molecule has 4 rings (SSSR count). The van der Waals surface area contributed by atoms with E-state index < -0.39 is 0 Å². The highest BCUT2D eigenvalue weighted by Gasteiger charge is 2.31. The van der Waals surface area contributed by atoms with E-state index in [1.54, 1.807) is 0 Å². The van der Waals surface area contributed by atoms with Gasteiger partial charge >= 0.3 is 0 Å². The van der Waals surface area contributed by atoms with Gasteiger partial charge in [0.25, 0.3) is 0 Å². The van der Waals surface area contributed by atoms with E-state index in [2.05, 4.69) is 23.5 Å². The van der Waals surface area contributed by atoms with Crippen LogP contribution in [0.3, 0.4) is 0 Å². The van der Waals surface area contributed by atoms with Crippen LogP contribution in [0.25, 0.3) is 10.2 Å². The third-order valence-corrected chi connectivity index (χ3v) is 6.02. The van der Waals surface area contributed by atoms with Crippen LogP contribution in [-0.4, -0.2) is 41.5 Å². The molecule has 2 aliphatic rings. The Bertz CT molecular complexity index is 646. The van der Waals surface area contributed by atoms with Crippen LogP contribution >= 0.6 is 36.2 Å². The summed E-state index contributed by atoms with van der Waals surface area (Å²) in [7, 11) is 0. The quantitative estimate of drug-likeness (QED) is 0.855. The number of fused-ring (bicyclic) bond motifs is 1. The van der Waals surface area contributed by atoms with Gasteiger partial charge in [0, 0.05) is 19.0 Å². The van der Waals surface area contributed by atoms with Gasteiger partial charge in [0.1, 0.15) is 0 Å². The number of piperidine rings is 1. The summed E-state index contributed by atoms with van der Waals surface area (Å²) < 4.78 is 1.27. The molecule has 0 bridgehead atoms. The lowest BCUT2D eigenvalue weighted by atomic mass is 9.97. The number of likely N-dealkylation sites (tertiary alicyclic amines) is 1. The molecular weight excluding hydrogens is 365 g/mol. The van der Waals surface area contributed by atoms with Gasteiger partial charge in [-0.05, 0) is 44.4 Å². The van der Waals surface area contributed by atoms with Crippen molar-refractivity contribution in [3.8, 4) is 0 Å². The van der Waals surface area contributed by atoms with Crippen molar-refractivity contribution in [2.75, 3.05) is 19.6 Å². The highest BCUT2D eigenvalue weighted by molar-refractivity contribution is 7.18. The zero-order valence-corrected chi connectivity index (χ0v) is 15.9. The fraction of sp³-hybridized carbons (Fsp3) is 0.529. The maximum Gasteiger partial charge on any atom is 0.239 e. The number of nitrogens with one attached hydrogen (secondary N) is 1. The Morgan fingerprint density at radius 1 is 1.17 bits per heavy atom. The maximum absolute atomic E-state index is 12.4. The molecule has 7 heteroatoms. The van der Waals surface area contributed by atoms with Crippen molar-refractivity contribution >= 4 is 52.3 Å². The van der Waals surface area contributed by atoms with Crippen LogP contribution in [0.4, 0.5) is 0 Å². The molecule has 2 aliphatic heterocycles. The van der Waals surface area contributed by atoms with E-state index >= 15 is 0 Å². The molecule has 2 fully saturated rings. The van der Waals surface area contributed by atoms with E-state index in [1.165, 1.54) is 9.71 Å². The number of para-hydroxylation sites is 1. The van der Waals surface area contributed by atoms with Crippen molar-refractivity contribution in [2.45, 2.75) is 37.6 Å². The highest BCUT2D eigenvalue weighted by atomic mass is 35.5. The largest absolute Gasteiger partial charge is 0.341 e. The molecule has 1 atom stereocenters. The molecule has 24 heavy (non-hydrogen) atoms. The summed E-state index contributed by atoms with van der Waals surface area (Å²) in [5.41, 5.74) is 1.11. The lowest BCUT2D eigenvalue weighted by Gasteiger charge is -2.32. The molecule has 0 unspecified atom stereocenters. The normalized spacial score (nSPS) is 21.3. The fourth-order valence-electron chi connectivity index (χ4n) is 3.53. The Morgan fingerprint density at radius 2 is 1.92 bits per heavy atom. The molecule has 0 radical (unpaired) electrons. The number of carbonyl (C=O) groups excluding carboxylic acids is 1. The number of nitrogens with zero attached hydrogens (tertiary/aromatic N) is 2. The van der Waals surface area contributed by atoms with E-state index in [9.17, 15) is 4.79 Å². The number of halogens is 2. The Balaban J connectivity index is 0.00000104. The van der Waals surface area contributed by atoms with E-state index in [-0.39, 0.29) is 30.9 Å². The minimum Gasteiger partial charge on any atom is -0.341 e. The van der Waals surface area contributed by atoms with Crippen LogP contribution in [0.15, 0.2) is 24.3 Å². The van der Waals surface area contributed by atoms with E-state index in [0.717, 1.165) is 50.8 Å². The standard InChI is InChI=1S/C17H21N3OS.2ClH/c21-17(14-5-3-9-18-14)20-10-7-12(8-11-20)16-19-13-4-1-2-6-15(13)22-16;;/h1-2,4,6,12,14,18H,3,5,7-11H2;2*1H/t14-;;/m0../s1. The van der Waals surface area contributed by atoms with Gasteiger partial charge in [-0.3, -0.25) is 4.79 Å². The summed E-state index contributed by atoms with van der Waals surface area (Å²) >= 11 is 1.81. The number of hydrogen-bond acceptors (Lipinski definition) is 4. The molecule has 3 heterocycles. The van der Waals surface area contributed by atoms with Crippen LogP contribution in [0.2, 0.25) is 0 Å². The number of amides is 1. The first kappa shape index (κ1) is 19.4. The molecule has 4 nitrogen and oxygen atoms in total. The average molecular weight is 388 g/mol. The van der Waals surface area contributed by atoms with Crippen molar-refractivity contribution in [3.63, 3.8) is 0 Å². The first-order valence-corrected chi connectivity index (χ1v) is 9.00. The second-order valence-corrected chi connectivity index (χ2v) is 7.33. The van der Waals surface area contributed by atoms with Crippen LogP contribution in [0.1, 0.15) is 36.6 Å². The van der Waals surface area contributed by atoms with Crippen LogP contribution < -0.4 is 5.32 Å². The fourth-order valence-corrected chi connectivity index (χ4v) is 4.66. The molecule has 1 aromatic carbocycles. The molecule has 0 aliphatic carbocycles. The Morgan fingerprint density at radius 3 is 2.58 bits per heavy atom. The Labute approximate surface area is 158 Å². The van der Waals surface area contributed by atoms with Crippen LogP contribution in [0, 0.1) is 0 Å². The minimum absolute atomic E-state index is 0. The van der Waals surface area contributed by atoms with Gasteiger partial charge in [-0.2, -0.15) is 0 Å². The number of rotatable bonds is 2. The monoisotopic (exact) mass is 387 g/mol. The van der Waals surface area contributed by atoms with Gasteiger partial charge in [-0.15, -0.1) is 36.2 Å². The highest BCUT2D eigenvalue weighted by Crippen LogP contribution is 2.34. The average Bonchev–Trinajstić information content (AvgIpc) is 3.23. The third-order valence-electron chi connectivity index (χ3n) is 4.82. The first-order chi connectivity index (χ1) is 10.8. The van der Waals surface area contributed by atoms with Crippen molar-refractivity contribution in [3.05, 3.63) is 29.3 Å². The number of carbonyl (C=O) groups is 1. The van der Waals surface area contributed by atoms with Gasteiger partial charge < -0.3 is 10.2 Å². The molecule has 2 saturated heterocycles. The number of aromatic nitrogens is 1. The number of benzene rings is 1. The first-order valence-electron chi connectivity index (χ1n) is 8.19. The third kappa shape index (κ3) is 3.85. The predicted octanol–water partition coefficient (Wildman–Crippen LogP) is 3.60. The van der Waals surface area contributed by atoms with Gasteiger partial charge in [-0.25, -0.2) is 4.98 Å². The Hall–Kier alpha value is -0.880. The van der Waals surface area contributed by atoms with Gasteiger partial charge in [0.15, 0.2) is 0 Å². The molecule has 1 N–H and O–H groups in total. The second-order valence-electron chi connectivity index (χ2n) is 6.27. The summed E-state index contributed by atoms with van der Waals surface area (Å²) in [5, 5.41) is 4.56. The topological polar surface area (TPSA) is 45.2 Å². The molecule has 0 spiro atoms. The minimum atomic E-state index is 0. The lowest BCUT2D eigenvalue weighted by molar-refractivity contribution is -0.134. The van der Waals surface area contributed by atoms with Crippen LogP contribution in [0.5, 0.6) is 0 Å². The predicted molar refractivity (Wildman–Crippen MR) is 104 cm³/mol. The molecule has 1 amide bonds. The summed E-state index contributed by atoms with van der Waals surface area (Å²) in [4.78, 5) is 19.3. The summed E-state index contributed by atoms with van der Waals surface area (Å²) in [6.45, 7) is 2.73. The summed E-state index contributed by atoms with van der Waals surface area (Å²) in [5.74, 6) is 0.818. The van der Waals surface area contributed by atoms with E-state index in [4.69, 9.17) is 4.98 Å². The van der Waals surface area contributed by atoms with Crippen molar-refractivity contribution < 1.29 is 4.79 Å². The number of hydrogen-bond donors (Lipinski definition) is 1. The van der Waals surface area contributed by atoms with Crippen molar-refractivity contribution in [2.24, 2.45) is 0 Å². The zero-order valence-electron chi connectivity index (χ0n) is 13.4. The molecular formula is C17H23Cl2N3OS. The Kier molecular flexibility index (Phi) is 6.87. The zero-order chi connectivity index (χ0) is 14.9. The molecule has 2 aromatic rings. The maximum atomic E-state index is 12.4. The van der Waals surface area contributed by atoms with Gasteiger partial charge in [0.2, 0.25) is 5.91 Å². The summed E-state index contributed by atoms with van der Waals surface area (Å²) in [6, 6.07) is 8.40. The van der Waals surface area contributed by atoms with Crippen molar-refractivity contribution in [1.29, 1.82) is 0 Å². The molecule has 132 valence electrons. The van der Waals surface area contributed by atoms with E-state index in [0.29, 0.717) is 11.8 Å². The smallest absolute Gasteiger partial charge is 0.239 e. The number of thiazole rings is 1. The van der Waals surface area contributed by atoms with Crippen molar-refractivity contribution in [1.82, 2.24) is 15.2 Å². The molecule has 0 saturated carbocycles. The van der Waals surface area contributed by atoms with E-state index in [1.807, 2.05) is 22.3 Å². The molecule has 1 aromatic heterocycles. The summed E-state index contributed by atoms with van der Waals surface area (Å²) in [6.07, 6.45) is 4.20. The van der Waals surface area contributed by atoms with Crippen LogP contribution in [-0.2, 0) is 4.79 Å². The van der Waals surface area contributed by atoms with Gasteiger partial charge in [0.05, 0.1) is 21.3 Å². The lowest BCUT2D eigenvalue weighted by Crippen LogP contribution is -2.46. The SMILES string of the molecule is Cl.Cl.O=C([C@@H]1CCCN1)N1CCC(c2nc3ccccc3s2)CC1. The van der Waals surface area contributed by atoms with Gasteiger partial charge in [-0.1, -0.05) is 12.1 Å².